The average molecular weight is 528 g/mol. The Balaban J connectivity index is 1.37. The standard InChI is InChI=1S/C26H27Cl2N5O3/c1-31(2)25(34)20-8-7-17(13-22(20)28)19-14-23(29)24(30-15-19)32-9-11-33(12-10-32)26(35)36-16-18-5-3-4-6-21(18)27/h3-8,13-15H,9-12,16,29H2,1-2H3. The number of hydrogen-bond donors (Lipinski definition) is 1. The molecule has 1 aliphatic heterocycles. The lowest BCUT2D eigenvalue weighted by Gasteiger charge is -2.35. The summed E-state index contributed by atoms with van der Waals surface area (Å²) < 4.78 is 5.43. The number of piperazine rings is 1. The van der Waals surface area contributed by atoms with E-state index in [0.717, 1.165) is 16.7 Å². The largest absolute Gasteiger partial charge is 0.444 e. The molecule has 2 aromatic carbocycles. The normalized spacial score (nSPS) is 13.4. The van der Waals surface area contributed by atoms with Gasteiger partial charge in [-0.15, -0.1) is 0 Å². The predicted octanol–water partition coefficient (Wildman–Crippen LogP) is 4.80. The van der Waals surface area contributed by atoms with E-state index >= 15 is 0 Å². The lowest BCUT2D eigenvalue weighted by atomic mass is 10.0. The van der Waals surface area contributed by atoms with Crippen LogP contribution in [0.4, 0.5) is 16.3 Å². The van der Waals surface area contributed by atoms with Gasteiger partial charge in [-0.05, 0) is 29.8 Å². The highest BCUT2D eigenvalue weighted by Crippen LogP contribution is 2.30. The van der Waals surface area contributed by atoms with Crippen molar-refractivity contribution in [3.63, 3.8) is 0 Å². The van der Waals surface area contributed by atoms with Gasteiger partial charge in [-0.3, -0.25) is 4.79 Å². The van der Waals surface area contributed by atoms with E-state index in [4.69, 9.17) is 33.7 Å². The molecule has 0 unspecified atom stereocenters. The van der Waals surface area contributed by atoms with Gasteiger partial charge in [0.25, 0.3) is 5.91 Å². The van der Waals surface area contributed by atoms with Gasteiger partial charge in [0.05, 0.1) is 16.3 Å². The molecule has 2 N–H and O–H groups in total. The Labute approximate surface area is 220 Å². The summed E-state index contributed by atoms with van der Waals surface area (Å²) in [5, 5.41) is 0.937. The molecule has 0 bridgehead atoms. The summed E-state index contributed by atoms with van der Waals surface area (Å²) >= 11 is 12.5. The first-order valence-electron chi connectivity index (χ1n) is 11.4. The molecule has 1 saturated heterocycles. The molecule has 10 heteroatoms. The van der Waals surface area contributed by atoms with Gasteiger partial charge >= 0.3 is 6.09 Å². The molecule has 8 nitrogen and oxygen atoms in total. The number of ether oxygens (including phenoxy) is 1. The topological polar surface area (TPSA) is 92.0 Å². The Bertz CT molecular complexity index is 1280. The SMILES string of the molecule is CN(C)C(=O)c1ccc(-c2cnc(N3CCN(C(=O)OCc4ccccc4Cl)CC3)c(N)c2)cc1Cl. The Hall–Kier alpha value is -3.49. The molecule has 2 amide bonds. The lowest BCUT2D eigenvalue weighted by Crippen LogP contribution is -2.49. The van der Waals surface area contributed by atoms with Crippen molar-refractivity contribution in [1.82, 2.24) is 14.8 Å². The van der Waals surface area contributed by atoms with E-state index in [1.165, 1.54) is 4.90 Å². The summed E-state index contributed by atoms with van der Waals surface area (Å²) in [5.41, 5.74) is 9.68. The lowest BCUT2D eigenvalue weighted by molar-refractivity contribution is 0.0827. The van der Waals surface area contributed by atoms with Gasteiger partial charge in [0.1, 0.15) is 6.61 Å². The molecule has 0 aliphatic carbocycles. The molecule has 1 aliphatic rings. The summed E-state index contributed by atoms with van der Waals surface area (Å²) in [6.07, 6.45) is 1.36. The number of hydrogen-bond acceptors (Lipinski definition) is 6. The molecule has 1 fully saturated rings. The molecule has 4 rings (SSSR count). The van der Waals surface area contributed by atoms with E-state index in [-0.39, 0.29) is 18.6 Å². The van der Waals surface area contributed by atoms with Crippen molar-refractivity contribution >= 4 is 46.7 Å². The molecule has 0 radical (unpaired) electrons. The van der Waals surface area contributed by atoms with Gasteiger partial charge in [-0.1, -0.05) is 47.5 Å². The number of amides is 2. The number of nitrogen functional groups attached to an aromatic ring is 1. The summed E-state index contributed by atoms with van der Waals surface area (Å²) in [7, 11) is 3.36. The number of nitrogens with zero attached hydrogens (tertiary/aromatic N) is 4. The second-order valence-corrected chi connectivity index (χ2v) is 9.47. The second-order valence-electron chi connectivity index (χ2n) is 8.65. The highest BCUT2D eigenvalue weighted by atomic mass is 35.5. The van der Waals surface area contributed by atoms with Crippen molar-refractivity contribution in [2.75, 3.05) is 50.9 Å². The number of carbonyl (C=O) groups excluding carboxylic acids is 2. The minimum Gasteiger partial charge on any atom is -0.444 e. The first-order chi connectivity index (χ1) is 17.2. The Morgan fingerprint density at radius 1 is 1.00 bits per heavy atom. The van der Waals surface area contributed by atoms with Gasteiger partial charge in [0.15, 0.2) is 5.82 Å². The Morgan fingerprint density at radius 2 is 1.72 bits per heavy atom. The van der Waals surface area contributed by atoms with Gasteiger partial charge in [0.2, 0.25) is 0 Å². The first kappa shape index (κ1) is 25.6. The van der Waals surface area contributed by atoms with E-state index in [0.29, 0.717) is 53.3 Å². The van der Waals surface area contributed by atoms with Crippen LogP contribution in [0.2, 0.25) is 10.0 Å². The Kier molecular flexibility index (Phi) is 7.86. The molecule has 1 aromatic heterocycles. The summed E-state index contributed by atoms with van der Waals surface area (Å²) in [4.78, 5) is 34.5. The number of halogens is 2. The van der Waals surface area contributed by atoms with E-state index in [1.54, 1.807) is 43.4 Å². The van der Waals surface area contributed by atoms with Crippen LogP contribution in [0.15, 0.2) is 54.7 Å². The third kappa shape index (κ3) is 5.66. The van der Waals surface area contributed by atoms with Crippen LogP contribution in [0.1, 0.15) is 15.9 Å². The molecular formula is C26H27Cl2N5O3. The molecule has 188 valence electrons. The van der Waals surface area contributed by atoms with Crippen molar-refractivity contribution in [1.29, 1.82) is 0 Å². The van der Waals surface area contributed by atoms with Crippen LogP contribution in [0.3, 0.4) is 0 Å². The van der Waals surface area contributed by atoms with Crippen LogP contribution in [-0.2, 0) is 11.3 Å². The van der Waals surface area contributed by atoms with Crippen LogP contribution in [-0.4, -0.2) is 67.1 Å². The van der Waals surface area contributed by atoms with Crippen LogP contribution >= 0.6 is 23.2 Å². The number of aromatic nitrogens is 1. The quantitative estimate of drug-likeness (QED) is 0.512. The summed E-state index contributed by atoms with van der Waals surface area (Å²) in [6, 6.07) is 14.4. The van der Waals surface area contributed by atoms with E-state index in [1.807, 2.05) is 35.2 Å². The van der Waals surface area contributed by atoms with Crippen LogP contribution in [0.25, 0.3) is 11.1 Å². The molecule has 36 heavy (non-hydrogen) atoms. The van der Waals surface area contributed by atoms with E-state index < -0.39 is 0 Å². The highest BCUT2D eigenvalue weighted by Gasteiger charge is 2.24. The van der Waals surface area contributed by atoms with Crippen molar-refractivity contribution in [2.45, 2.75) is 6.61 Å². The smallest absolute Gasteiger partial charge is 0.410 e. The van der Waals surface area contributed by atoms with Gasteiger partial charge in [-0.2, -0.15) is 0 Å². The third-order valence-electron chi connectivity index (χ3n) is 5.98. The van der Waals surface area contributed by atoms with Gasteiger partial charge in [-0.25, -0.2) is 9.78 Å². The zero-order chi connectivity index (χ0) is 25.8. The summed E-state index contributed by atoms with van der Waals surface area (Å²) in [5.74, 6) is 0.500. The average Bonchev–Trinajstić information content (AvgIpc) is 2.87. The van der Waals surface area contributed by atoms with Crippen LogP contribution in [0, 0.1) is 0 Å². The van der Waals surface area contributed by atoms with Crippen molar-refractivity contribution < 1.29 is 14.3 Å². The highest BCUT2D eigenvalue weighted by molar-refractivity contribution is 6.34. The van der Waals surface area contributed by atoms with Crippen molar-refractivity contribution in [2.24, 2.45) is 0 Å². The van der Waals surface area contributed by atoms with Gasteiger partial charge in [0, 0.05) is 62.6 Å². The number of carbonyl (C=O) groups is 2. The molecular weight excluding hydrogens is 501 g/mol. The number of pyridine rings is 1. The zero-order valence-corrected chi connectivity index (χ0v) is 21.6. The predicted molar refractivity (Wildman–Crippen MR) is 143 cm³/mol. The minimum atomic E-state index is -0.376. The molecule has 3 aromatic rings. The minimum absolute atomic E-state index is 0.128. The number of nitrogens with two attached hydrogens (primary N) is 1. The number of benzene rings is 2. The van der Waals surface area contributed by atoms with Gasteiger partial charge < -0.3 is 25.2 Å². The fourth-order valence-corrected chi connectivity index (χ4v) is 4.40. The Morgan fingerprint density at radius 3 is 2.36 bits per heavy atom. The summed E-state index contributed by atoms with van der Waals surface area (Å²) in [6.45, 7) is 2.25. The maximum absolute atomic E-state index is 12.5. The maximum atomic E-state index is 12.5. The number of rotatable bonds is 5. The third-order valence-corrected chi connectivity index (χ3v) is 6.66. The van der Waals surface area contributed by atoms with Crippen molar-refractivity contribution in [3.05, 3.63) is 75.9 Å². The monoisotopic (exact) mass is 527 g/mol. The van der Waals surface area contributed by atoms with E-state index in [9.17, 15) is 9.59 Å². The molecule has 0 spiro atoms. The van der Waals surface area contributed by atoms with Crippen LogP contribution in [0.5, 0.6) is 0 Å². The fraction of sp³-hybridized carbons (Fsp3) is 0.269. The van der Waals surface area contributed by atoms with E-state index in [2.05, 4.69) is 4.98 Å². The van der Waals surface area contributed by atoms with Crippen molar-refractivity contribution in [3.8, 4) is 11.1 Å². The maximum Gasteiger partial charge on any atom is 0.410 e. The zero-order valence-electron chi connectivity index (χ0n) is 20.1. The fourth-order valence-electron chi connectivity index (χ4n) is 3.95. The second kappa shape index (κ2) is 11.1. The molecule has 0 saturated carbocycles. The first-order valence-corrected chi connectivity index (χ1v) is 12.2. The molecule has 0 atom stereocenters. The molecule has 2 heterocycles. The number of anilines is 2. The van der Waals surface area contributed by atoms with Crippen LogP contribution < -0.4 is 10.6 Å².